The van der Waals surface area contributed by atoms with Crippen LogP contribution in [0.15, 0.2) is 45.5 Å². The number of nitrogens with one attached hydrogen (secondary N) is 1. The first kappa shape index (κ1) is 41.7. The number of nitrogens with zero attached hydrogens (tertiary/aromatic N) is 7. The van der Waals surface area contributed by atoms with E-state index in [2.05, 4.69) is 24.9 Å². The summed E-state index contributed by atoms with van der Waals surface area (Å²) < 4.78 is 57.4. The Morgan fingerprint density at radius 3 is 2.39 bits per heavy atom. The monoisotopic (exact) mass is 874 g/mol. The molecule has 3 aliphatic rings. The van der Waals surface area contributed by atoms with Gasteiger partial charge in [-0.15, -0.1) is 0 Å². The summed E-state index contributed by atoms with van der Waals surface area (Å²) >= 11 is 10.4. The molecular weight excluding hydrogens is 838 g/mol. The third-order valence-corrected chi connectivity index (χ3v) is 12.5. The summed E-state index contributed by atoms with van der Waals surface area (Å²) in [6.45, 7) is -9.07. The Balaban J connectivity index is 1.02. The summed E-state index contributed by atoms with van der Waals surface area (Å²) in [7, 11) is 0. The SMILES string of the molecule is Cc1cn([C@H]2C[C@@H](OP(=O)([S-])OC[C@H]3O[C@@H](n4cnc5c(N)ncnc54)C[C@H]3O)[C@@H](COP([O-])(=S)O[C@@H]3C[C@H](n4ccc(N)nc4=O)O[C@@H]3CO)O2)c(=O)[nH]c1=O. The van der Waals surface area contributed by atoms with Crippen molar-refractivity contribution in [1.29, 1.82) is 0 Å². The van der Waals surface area contributed by atoms with E-state index in [1.165, 1.54) is 38.0 Å². The number of anilines is 2. The normalized spacial score (nSPS) is 29.8. The van der Waals surface area contributed by atoms with Crippen molar-refractivity contribution >= 4 is 60.4 Å². The molecule has 310 valence electrons. The van der Waals surface area contributed by atoms with E-state index < -0.39 is 106 Å². The third kappa shape index (κ3) is 9.24. The molecule has 3 aliphatic heterocycles. The maximum Gasteiger partial charge on any atom is 0.351 e. The van der Waals surface area contributed by atoms with Crippen LogP contribution in [-0.4, -0.2) is 105 Å². The Hall–Kier alpha value is -3.46. The molecule has 28 heteroatoms. The van der Waals surface area contributed by atoms with E-state index in [9.17, 15) is 34.1 Å². The van der Waals surface area contributed by atoms with Crippen LogP contribution in [0.5, 0.6) is 0 Å². The van der Waals surface area contributed by atoms with Crippen molar-refractivity contribution in [1.82, 2.24) is 38.6 Å². The molecule has 57 heavy (non-hydrogen) atoms. The molecule has 11 atom stereocenters. The van der Waals surface area contributed by atoms with Crippen molar-refractivity contribution in [3.8, 4) is 0 Å². The van der Waals surface area contributed by atoms with Gasteiger partial charge in [0.2, 0.25) is 0 Å². The number of hydrogen-bond donors (Lipinski definition) is 5. The molecule has 0 aliphatic carbocycles. The molecule has 4 aromatic rings. The summed E-state index contributed by atoms with van der Waals surface area (Å²) in [6, 6.07) is 1.37. The van der Waals surface area contributed by atoms with E-state index >= 15 is 0 Å². The number of aromatic nitrogens is 8. The standard InChI is InChI=1S/C29H38N10O14P2S2/c1-13-7-38(29(44)36-27(13)42)23-6-16(53-54(45,56)47-9-18-14(41)4-21(50-18)39-12-34-24-25(31)32-11-33-26(24)39)19(51-23)10-48-55(46,57)52-15-5-22(49-17(15)8-40)37-3-2-20(30)35-28(37)43/h2-3,7,11-12,14-19,21-23,40-41H,4-6,8-10H2,1H3,(H,45,56)(H,46,57)(H2,30,35,43)(H2,31,32,33)(H,36,42,44)/p-2/t14-,15-,16-,17-,18-,19-,21-,22-,23-,54?,55?/m1/s1. The zero-order valence-electron chi connectivity index (χ0n) is 29.6. The summed E-state index contributed by atoms with van der Waals surface area (Å²) in [4.78, 5) is 68.8. The molecule has 0 aromatic carbocycles. The lowest BCUT2D eigenvalue weighted by atomic mass is 10.2. The van der Waals surface area contributed by atoms with Crippen molar-refractivity contribution < 1.29 is 52.0 Å². The summed E-state index contributed by atoms with van der Waals surface area (Å²) in [5, 5.41) is 20.7. The summed E-state index contributed by atoms with van der Waals surface area (Å²) in [5.74, 6) is 0.145. The first-order chi connectivity index (χ1) is 27.0. The number of aliphatic hydroxyl groups excluding tert-OH is 2. The van der Waals surface area contributed by atoms with Gasteiger partial charge in [-0.25, -0.2) is 24.5 Å². The molecule has 0 amide bonds. The maximum absolute atomic E-state index is 13.6. The quantitative estimate of drug-likeness (QED) is 0.0701. The first-order valence-electron chi connectivity index (χ1n) is 17.1. The Bertz CT molecular complexity index is 2400. The zero-order chi connectivity index (χ0) is 40.8. The van der Waals surface area contributed by atoms with Crippen LogP contribution in [0.4, 0.5) is 11.6 Å². The van der Waals surface area contributed by atoms with Gasteiger partial charge < -0.3 is 71.1 Å². The van der Waals surface area contributed by atoms with Crippen LogP contribution in [0.3, 0.4) is 0 Å². The van der Waals surface area contributed by atoms with Gasteiger partial charge in [0.1, 0.15) is 61.4 Å². The third-order valence-electron chi connectivity index (χ3n) is 9.38. The van der Waals surface area contributed by atoms with Gasteiger partial charge in [-0.3, -0.25) is 28.0 Å². The van der Waals surface area contributed by atoms with Gasteiger partial charge in [-0.05, 0) is 13.0 Å². The molecule has 3 saturated heterocycles. The van der Waals surface area contributed by atoms with Gasteiger partial charge >= 0.3 is 11.4 Å². The molecule has 0 saturated carbocycles. The second-order valence-corrected chi connectivity index (χ2v) is 18.6. The fourth-order valence-corrected chi connectivity index (χ4v) is 9.48. The van der Waals surface area contributed by atoms with Crippen molar-refractivity contribution in [2.75, 3.05) is 31.3 Å². The van der Waals surface area contributed by atoms with Crippen LogP contribution in [0.2, 0.25) is 0 Å². The second-order valence-electron chi connectivity index (χ2n) is 13.2. The van der Waals surface area contributed by atoms with E-state index in [1.807, 2.05) is 0 Å². The number of H-pyrrole nitrogens is 1. The number of nitrogen functional groups attached to an aromatic ring is 2. The van der Waals surface area contributed by atoms with Crippen LogP contribution in [0, 0.1) is 6.92 Å². The maximum atomic E-state index is 13.6. The van der Waals surface area contributed by atoms with Gasteiger partial charge in [0.05, 0.1) is 44.5 Å². The predicted octanol–water partition coefficient (Wildman–Crippen LogP) is -1.63. The lowest BCUT2D eigenvalue weighted by Gasteiger charge is -2.34. The molecule has 4 aromatic heterocycles. The highest BCUT2D eigenvalue weighted by molar-refractivity contribution is 8.32. The molecular formula is C29H36N10O14P2S2-2. The first-order valence-corrected chi connectivity index (χ1v) is 22.2. The van der Waals surface area contributed by atoms with E-state index in [0.29, 0.717) is 11.2 Å². The molecule has 7 rings (SSSR count). The van der Waals surface area contributed by atoms with Gasteiger partial charge in [0.25, 0.3) is 5.56 Å². The van der Waals surface area contributed by atoms with Crippen molar-refractivity contribution in [2.45, 2.75) is 81.5 Å². The minimum absolute atomic E-state index is 0.0134. The van der Waals surface area contributed by atoms with Gasteiger partial charge in [-0.1, -0.05) is 11.8 Å². The molecule has 7 N–H and O–H groups in total. The van der Waals surface area contributed by atoms with Crippen molar-refractivity contribution in [3.63, 3.8) is 0 Å². The molecule has 0 bridgehead atoms. The van der Waals surface area contributed by atoms with Gasteiger partial charge in [-0.2, -0.15) is 4.98 Å². The van der Waals surface area contributed by atoms with E-state index in [-0.39, 0.29) is 36.5 Å². The zero-order valence-corrected chi connectivity index (χ0v) is 33.0. The highest BCUT2D eigenvalue weighted by Gasteiger charge is 2.43. The van der Waals surface area contributed by atoms with E-state index in [0.717, 1.165) is 9.13 Å². The number of fused-ring (bicyclic) bond motifs is 1. The molecule has 3 fully saturated rings. The number of aryl methyl sites for hydroxylation is 1. The molecule has 0 spiro atoms. The highest BCUT2D eigenvalue weighted by atomic mass is 32.7. The Morgan fingerprint density at radius 1 is 0.982 bits per heavy atom. The highest BCUT2D eigenvalue weighted by Crippen LogP contribution is 2.52. The minimum Gasteiger partial charge on any atom is -0.780 e. The lowest BCUT2D eigenvalue weighted by molar-refractivity contribution is -0.215. The van der Waals surface area contributed by atoms with Crippen LogP contribution < -0.4 is 33.3 Å². The largest absolute Gasteiger partial charge is 0.780 e. The number of aliphatic hydroxyl groups is 2. The molecule has 24 nitrogen and oxygen atoms in total. The lowest BCUT2D eigenvalue weighted by Crippen LogP contribution is -2.33. The second kappa shape index (κ2) is 16.7. The van der Waals surface area contributed by atoms with Crippen molar-refractivity contribution in [3.05, 3.63) is 68.0 Å². The van der Waals surface area contributed by atoms with Gasteiger partial charge in [0.15, 0.2) is 18.3 Å². The minimum atomic E-state index is -4.43. The van der Waals surface area contributed by atoms with Crippen LogP contribution in [-0.2, 0) is 60.9 Å². The topological polar surface area (TPSA) is 331 Å². The number of rotatable bonds is 14. The van der Waals surface area contributed by atoms with Crippen LogP contribution in [0.25, 0.3) is 11.2 Å². The Labute approximate surface area is 331 Å². The number of aromatic amines is 1. The van der Waals surface area contributed by atoms with Gasteiger partial charge in [0, 0.05) is 37.2 Å². The number of imidazole rings is 1. The summed E-state index contributed by atoms with van der Waals surface area (Å²) in [6.07, 6.45) is -4.51. The van der Waals surface area contributed by atoms with Crippen LogP contribution >= 0.6 is 13.5 Å². The fourth-order valence-electron chi connectivity index (χ4n) is 6.56. The Kier molecular flexibility index (Phi) is 12.2. The average molecular weight is 875 g/mol. The van der Waals surface area contributed by atoms with Crippen LogP contribution in [0.1, 0.15) is 43.5 Å². The number of ether oxygens (including phenoxy) is 3. The van der Waals surface area contributed by atoms with E-state index in [1.54, 1.807) is 4.57 Å². The smallest absolute Gasteiger partial charge is 0.351 e. The van der Waals surface area contributed by atoms with E-state index in [4.69, 9.17) is 67.8 Å². The fraction of sp³-hybridized carbons (Fsp3) is 0.552. The molecule has 0 radical (unpaired) electrons. The summed E-state index contributed by atoms with van der Waals surface area (Å²) in [5.41, 5.74) is 10.2. The molecule has 7 heterocycles. The number of nitrogens with two attached hydrogens (primary N) is 2. The number of hydrogen-bond acceptors (Lipinski definition) is 22. The predicted molar refractivity (Wildman–Crippen MR) is 198 cm³/mol. The average Bonchev–Trinajstić information content (AvgIpc) is 3.93. The molecule has 2 unspecified atom stereocenters. The van der Waals surface area contributed by atoms with Crippen molar-refractivity contribution in [2.24, 2.45) is 0 Å². The Morgan fingerprint density at radius 2 is 1.65 bits per heavy atom.